The molecule has 1 unspecified atom stereocenters. The number of aromatic nitrogens is 1. The number of nitrogens with two attached hydrogens (primary N) is 1. The molecule has 2 nitrogen and oxygen atoms in total. The van der Waals surface area contributed by atoms with Crippen molar-refractivity contribution in [2.45, 2.75) is 5.25 Å². The molecule has 1 aliphatic rings. The van der Waals surface area contributed by atoms with Gasteiger partial charge in [-0.1, -0.05) is 12.1 Å². The summed E-state index contributed by atoms with van der Waals surface area (Å²) >= 11 is 5.83. The van der Waals surface area contributed by atoms with Crippen LogP contribution in [-0.2, 0) is 0 Å². The van der Waals surface area contributed by atoms with E-state index in [1.165, 1.54) is 22.3 Å². The molecule has 5 heteroatoms. The molecular formula is C13H14N2S3. The number of anilines is 1. The maximum absolute atomic E-state index is 5.81. The van der Waals surface area contributed by atoms with Crippen molar-refractivity contribution in [3.63, 3.8) is 0 Å². The Kier molecular flexibility index (Phi) is 3.82. The molecule has 2 heterocycles. The molecule has 1 aromatic heterocycles. The Balaban J connectivity index is 1.84. The van der Waals surface area contributed by atoms with E-state index in [1.54, 1.807) is 11.3 Å². The molecule has 3 rings (SSSR count). The number of thiazole rings is 1. The zero-order valence-corrected chi connectivity index (χ0v) is 12.3. The lowest BCUT2D eigenvalue weighted by Crippen LogP contribution is -2.06. The van der Waals surface area contributed by atoms with Crippen LogP contribution >= 0.6 is 34.9 Å². The van der Waals surface area contributed by atoms with Crippen molar-refractivity contribution in [2.75, 3.05) is 23.0 Å². The Morgan fingerprint density at radius 1 is 1.28 bits per heavy atom. The Labute approximate surface area is 119 Å². The first kappa shape index (κ1) is 12.4. The molecule has 94 valence electrons. The lowest BCUT2D eigenvalue weighted by molar-refractivity contribution is 1.07. The SMILES string of the molecule is Nc1cccc(-c2csc(C3CSCCS3)n2)c1. The Hall–Kier alpha value is -0.650. The predicted octanol–water partition coefficient (Wildman–Crippen LogP) is 3.91. The summed E-state index contributed by atoms with van der Waals surface area (Å²) in [5.74, 6) is 3.70. The van der Waals surface area contributed by atoms with Crippen molar-refractivity contribution in [1.82, 2.24) is 4.98 Å². The van der Waals surface area contributed by atoms with Gasteiger partial charge in [0.15, 0.2) is 0 Å². The van der Waals surface area contributed by atoms with E-state index in [0.717, 1.165) is 16.9 Å². The zero-order valence-electron chi connectivity index (χ0n) is 9.83. The summed E-state index contributed by atoms with van der Waals surface area (Å²) in [5.41, 5.74) is 8.78. The van der Waals surface area contributed by atoms with E-state index in [0.29, 0.717) is 5.25 Å². The first-order valence-electron chi connectivity index (χ1n) is 5.83. The molecule has 1 aromatic carbocycles. The Morgan fingerprint density at radius 3 is 3.00 bits per heavy atom. The van der Waals surface area contributed by atoms with Crippen LogP contribution < -0.4 is 5.73 Å². The smallest absolute Gasteiger partial charge is 0.107 e. The van der Waals surface area contributed by atoms with Gasteiger partial charge < -0.3 is 5.73 Å². The van der Waals surface area contributed by atoms with Gasteiger partial charge in [0.05, 0.1) is 10.9 Å². The van der Waals surface area contributed by atoms with Gasteiger partial charge in [-0.25, -0.2) is 4.98 Å². The van der Waals surface area contributed by atoms with Gasteiger partial charge in [0, 0.05) is 33.9 Å². The molecule has 1 saturated heterocycles. The number of hydrogen-bond acceptors (Lipinski definition) is 5. The third-order valence-electron chi connectivity index (χ3n) is 2.80. The number of thioether (sulfide) groups is 2. The van der Waals surface area contributed by atoms with E-state index >= 15 is 0 Å². The number of nitrogens with zero attached hydrogens (tertiary/aromatic N) is 1. The largest absolute Gasteiger partial charge is 0.399 e. The standard InChI is InChI=1S/C13H14N2S3/c14-10-3-1-2-9(6-10)11-7-18-13(15-11)12-8-16-4-5-17-12/h1-3,6-7,12H,4-5,8,14H2. The lowest BCUT2D eigenvalue weighted by atomic mass is 10.1. The monoisotopic (exact) mass is 294 g/mol. The number of hydrogen-bond donors (Lipinski definition) is 1. The van der Waals surface area contributed by atoms with Crippen LogP contribution in [0.25, 0.3) is 11.3 Å². The second kappa shape index (κ2) is 5.55. The van der Waals surface area contributed by atoms with Crippen molar-refractivity contribution in [3.8, 4) is 11.3 Å². The molecule has 0 aliphatic carbocycles. The van der Waals surface area contributed by atoms with Gasteiger partial charge in [0.2, 0.25) is 0 Å². The van der Waals surface area contributed by atoms with Crippen LogP contribution in [0.1, 0.15) is 10.3 Å². The van der Waals surface area contributed by atoms with E-state index in [2.05, 4.69) is 11.4 Å². The predicted molar refractivity (Wildman–Crippen MR) is 84.5 cm³/mol. The molecule has 2 N–H and O–H groups in total. The van der Waals surface area contributed by atoms with Gasteiger partial charge in [0.25, 0.3) is 0 Å². The fourth-order valence-electron chi connectivity index (χ4n) is 1.90. The molecule has 0 amide bonds. The van der Waals surface area contributed by atoms with Gasteiger partial charge in [-0.3, -0.25) is 0 Å². The minimum atomic E-state index is 0.573. The Morgan fingerprint density at radius 2 is 2.22 bits per heavy atom. The molecule has 0 saturated carbocycles. The highest BCUT2D eigenvalue weighted by Gasteiger charge is 2.19. The first-order valence-corrected chi connectivity index (χ1v) is 8.92. The molecule has 1 atom stereocenters. The molecule has 1 fully saturated rings. The molecule has 18 heavy (non-hydrogen) atoms. The fourth-order valence-corrected chi connectivity index (χ4v) is 5.73. The zero-order chi connectivity index (χ0) is 12.4. The van der Waals surface area contributed by atoms with Crippen molar-refractivity contribution < 1.29 is 0 Å². The number of rotatable bonds is 2. The summed E-state index contributed by atoms with van der Waals surface area (Å²) in [7, 11) is 0. The van der Waals surface area contributed by atoms with Gasteiger partial charge in [-0.15, -0.1) is 23.1 Å². The highest BCUT2D eigenvalue weighted by Crippen LogP contribution is 2.39. The average Bonchev–Trinajstić information content (AvgIpc) is 2.89. The summed E-state index contributed by atoms with van der Waals surface area (Å²) in [6, 6.07) is 7.94. The van der Waals surface area contributed by atoms with Gasteiger partial charge >= 0.3 is 0 Å². The van der Waals surface area contributed by atoms with Crippen LogP contribution in [0.15, 0.2) is 29.6 Å². The second-order valence-electron chi connectivity index (χ2n) is 4.13. The first-order chi connectivity index (χ1) is 8.83. The van der Waals surface area contributed by atoms with Crippen LogP contribution in [0.2, 0.25) is 0 Å². The van der Waals surface area contributed by atoms with Crippen molar-refractivity contribution >= 4 is 40.5 Å². The lowest BCUT2D eigenvalue weighted by Gasteiger charge is -2.18. The topological polar surface area (TPSA) is 38.9 Å². The summed E-state index contributed by atoms with van der Waals surface area (Å²) in [6.07, 6.45) is 0. The highest BCUT2D eigenvalue weighted by molar-refractivity contribution is 8.06. The van der Waals surface area contributed by atoms with Gasteiger partial charge in [0.1, 0.15) is 5.01 Å². The van der Waals surface area contributed by atoms with E-state index in [4.69, 9.17) is 10.7 Å². The second-order valence-corrected chi connectivity index (χ2v) is 7.48. The summed E-state index contributed by atoms with van der Waals surface area (Å²) < 4.78 is 0. The molecule has 2 aromatic rings. The highest BCUT2D eigenvalue weighted by atomic mass is 32.2. The van der Waals surface area contributed by atoms with E-state index in [-0.39, 0.29) is 0 Å². The summed E-state index contributed by atoms with van der Waals surface area (Å²) in [5, 5.41) is 3.97. The van der Waals surface area contributed by atoms with E-state index in [9.17, 15) is 0 Å². The molecule has 0 radical (unpaired) electrons. The van der Waals surface area contributed by atoms with Crippen molar-refractivity contribution in [2.24, 2.45) is 0 Å². The molecule has 0 spiro atoms. The normalized spacial score (nSPS) is 19.9. The fraction of sp³-hybridized carbons (Fsp3) is 0.308. The maximum atomic E-state index is 5.81. The average molecular weight is 294 g/mol. The third-order valence-corrected chi connectivity index (χ3v) is 6.67. The third kappa shape index (κ3) is 2.68. The van der Waals surface area contributed by atoms with Crippen molar-refractivity contribution in [3.05, 3.63) is 34.7 Å². The minimum Gasteiger partial charge on any atom is -0.399 e. The minimum absolute atomic E-state index is 0.573. The number of benzene rings is 1. The maximum Gasteiger partial charge on any atom is 0.107 e. The summed E-state index contributed by atoms with van der Waals surface area (Å²) in [6.45, 7) is 0. The van der Waals surface area contributed by atoms with Crippen LogP contribution in [-0.4, -0.2) is 22.2 Å². The van der Waals surface area contributed by atoms with Gasteiger partial charge in [-0.05, 0) is 12.1 Å². The van der Waals surface area contributed by atoms with E-state index in [1.807, 2.05) is 41.7 Å². The quantitative estimate of drug-likeness (QED) is 0.852. The molecule has 1 aliphatic heterocycles. The van der Waals surface area contributed by atoms with Crippen LogP contribution in [0, 0.1) is 0 Å². The number of nitrogen functional groups attached to an aromatic ring is 1. The van der Waals surface area contributed by atoms with Crippen LogP contribution in [0.3, 0.4) is 0 Å². The van der Waals surface area contributed by atoms with Crippen LogP contribution in [0.4, 0.5) is 5.69 Å². The molecular weight excluding hydrogens is 280 g/mol. The molecule has 0 bridgehead atoms. The summed E-state index contributed by atoms with van der Waals surface area (Å²) in [4.78, 5) is 4.77. The van der Waals surface area contributed by atoms with E-state index < -0.39 is 0 Å². The van der Waals surface area contributed by atoms with Crippen LogP contribution in [0.5, 0.6) is 0 Å². The Bertz CT molecular complexity index is 533. The van der Waals surface area contributed by atoms with Crippen molar-refractivity contribution in [1.29, 1.82) is 0 Å². The van der Waals surface area contributed by atoms with Gasteiger partial charge in [-0.2, -0.15) is 11.8 Å².